The van der Waals surface area contributed by atoms with Crippen molar-refractivity contribution in [2.24, 2.45) is 0 Å². The highest BCUT2D eigenvalue weighted by molar-refractivity contribution is 7.80. The fraction of sp³-hybridized carbons (Fsp3) is 0.500. The minimum absolute atomic E-state index is 0.0714. The number of hydrogen-bond acceptors (Lipinski definition) is 3. The summed E-state index contributed by atoms with van der Waals surface area (Å²) in [4.78, 5) is 17.0. The first-order valence-corrected chi connectivity index (χ1v) is 6.56. The van der Waals surface area contributed by atoms with Crippen LogP contribution in [0.2, 0.25) is 0 Å². The number of amides is 1. The minimum atomic E-state index is 0.0714. The van der Waals surface area contributed by atoms with Crippen molar-refractivity contribution in [2.45, 2.75) is 18.2 Å². The third-order valence-electron chi connectivity index (χ3n) is 2.90. The zero-order chi connectivity index (χ0) is 13.7. The van der Waals surface area contributed by atoms with Crippen LogP contribution in [-0.4, -0.2) is 49.9 Å². The normalized spacial score (nSPS) is 10.8. The molecule has 0 aromatic heterocycles. The van der Waals surface area contributed by atoms with Crippen LogP contribution in [0.3, 0.4) is 0 Å². The van der Waals surface area contributed by atoms with Gasteiger partial charge in [-0.25, -0.2) is 0 Å². The van der Waals surface area contributed by atoms with Gasteiger partial charge in [-0.15, -0.1) is 12.6 Å². The number of nitrogens with zero attached hydrogens (tertiary/aromatic N) is 2. The molecule has 3 nitrogen and oxygen atoms in total. The van der Waals surface area contributed by atoms with Gasteiger partial charge in [-0.3, -0.25) is 4.79 Å². The van der Waals surface area contributed by atoms with E-state index in [0.29, 0.717) is 0 Å². The molecule has 0 atom stereocenters. The molecular formula is C14H22N2OS. The first-order chi connectivity index (χ1) is 8.41. The number of benzene rings is 1. The highest BCUT2D eigenvalue weighted by atomic mass is 32.1. The predicted molar refractivity (Wildman–Crippen MR) is 78.6 cm³/mol. The summed E-state index contributed by atoms with van der Waals surface area (Å²) >= 11 is 4.28. The molecule has 1 aromatic carbocycles. The van der Waals surface area contributed by atoms with E-state index in [1.54, 1.807) is 4.90 Å². The van der Waals surface area contributed by atoms with Gasteiger partial charge >= 0.3 is 0 Å². The molecule has 18 heavy (non-hydrogen) atoms. The first-order valence-electron chi connectivity index (χ1n) is 6.11. The van der Waals surface area contributed by atoms with Crippen molar-refractivity contribution >= 4 is 18.5 Å². The monoisotopic (exact) mass is 266 g/mol. The maximum absolute atomic E-state index is 12.3. The van der Waals surface area contributed by atoms with E-state index in [0.717, 1.165) is 35.5 Å². The van der Waals surface area contributed by atoms with E-state index in [2.05, 4.69) is 17.5 Å². The van der Waals surface area contributed by atoms with E-state index in [-0.39, 0.29) is 5.91 Å². The zero-order valence-corrected chi connectivity index (χ0v) is 12.5. The summed E-state index contributed by atoms with van der Waals surface area (Å²) in [6, 6.07) is 5.67. The molecule has 0 spiro atoms. The molecule has 0 fully saturated rings. The second kappa shape index (κ2) is 6.81. The Morgan fingerprint density at radius 1 is 1.22 bits per heavy atom. The van der Waals surface area contributed by atoms with Crippen molar-refractivity contribution < 1.29 is 4.79 Å². The van der Waals surface area contributed by atoms with Crippen LogP contribution in [0.1, 0.15) is 22.3 Å². The number of hydrogen-bond donors (Lipinski definition) is 1. The molecule has 1 aromatic rings. The molecule has 0 heterocycles. The molecule has 0 saturated heterocycles. The van der Waals surface area contributed by atoms with E-state index in [9.17, 15) is 4.79 Å². The van der Waals surface area contributed by atoms with E-state index in [1.165, 1.54) is 0 Å². The molecule has 0 aliphatic rings. The van der Waals surface area contributed by atoms with E-state index >= 15 is 0 Å². The lowest BCUT2D eigenvalue weighted by atomic mass is 10.1. The van der Waals surface area contributed by atoms with Crippen LogP contribution in [0.15, 0.2) is 23.1 Å². The Balaban J connectivity index is 2.65. The second-order valence-electron chi connectivity index (χ2n) is 4.88. The fourth-order valence-corrected chi connectivity index (χ4v) is 1.98. The number of aryl methyl sites for hydroxylation is 1. The van der Waals surface area contributed by atoms with Gasteiger partial charge in [0.05, 0.1) is 0 Å². The lowest BCUT2D eigenvalue weighted by Crippen LogP contribution is -2.30. The largest absolute Gasteiger partial charge is 0.342 e. The SMILES string of the molecule is Cc1ccc(S)cc1C(=O)N(C)CCCN(C)C. The lowest BCUT2D eigenvalue weighted by molar-refractivity contribution is 0.0789. The molecule has 0 aliphatic heterocycles. The molecule has 4 heteroatoms. The summed E-state index contributed by atoms with van der Waals surface area (Å²) in [5.74, 6) is 0.0714. The Labute approximate surface area is 115 Å². The summed E-state index contributed by atoms with van der Waals surface area (Å²) in [7, 11) is 5.93. The van der Waals surface area contributed by atoms with E-state index < -0.39 is 0 Å². The van der Waals surface area contributed by atoms with Crippen molar-refractivity contribution in [1.82, 2.24) is 9.80 Å². The molecule has 0 aliphatic carbocycles. The Morgan fingerprint density at radius 3 is 2.50 bits per heavy atom. The van der Waals surface area contributed by atoms with Gasteiger partial charge in [0.25, 0.3) is 5.91 Å². The maximum atomic E-state index is 12.3. The number of carbonyl (C=O) groups is 1. The first kappa shape index (κ1) is 15.1. The number of carbonyl (C=O) groups excluding carboxylic acids is 1. The highest BCUT2D eigenvalue weighted by Gasteiger charge is 2.13. The molecule has 0 unspecified atom stereocenters. The predicted octanol–water partition coefficient (Wildman–Crippen LogP) is 2.31. The van der Waals surface area contributed by atoms with Gasteiger partial charge in [0, 0.05) is 24.1 Å². The molecule has 0 N–H and O–H groups in total. The van der Waals surface area contributed by atoms with Crippen LogP contribution in [0, 0.1) is 6.92 Å². The molecule has 0 bridgehead atoms. The Hall–Kier alpha value is -1.00. The maximum Gasteiger partial charge on any atom is 0.253 e. The van der Waals surface area contributed by atoms with Crippen molar-refractivity contribution in [2.75, 3.05) is 34.2 Å². The summed E-state index contributed by atoms with van der Waals surface area (Å²) in [5, 5.41) is 0. The quantitative estimate of drug-likeness (QED) is 0.827. The average molecular weight is 266 g/mol. The van der Waals surface area contributed by atoms with Gasteiger partial charge in [0.1, 0.15) is 0 Å². The summed E-state index contributed by atoms with van der Waals surface area (Å²) < 4.78 is 0. The van der Waals surface area contributed by atoms with E-state index in [1.807, 2.05) is 46.3 Å². The third-order valence-corrected chi connectivity index (χ3v) is 3.18. The summed E-state index contributed by atoms with van der Waals surface area (Å²) in [6.45, 7) is 3.71. The van der Waals surface area contributed by atoms with Gasteiger partial charge in [0.15, 0.2) is 0 Å². The lowest BCUT2D eigenvalue weighted by Gasteiger charge is -2.19. The van der Waals surface area contributed by atoms with Crippen LogP contribution in [0.5, 0.6) is 0 Å². The highest BCUT2D eigenvalue weighted by Crippen LogP contribution is 2.15. The topological polar surface area (TPSA) is 23.6 Å². The molecule has 0 saturated carbocycles. The molecule has 100 valence electrons. The van der Waals surface area contributed by atoms with Crippen molar-refractivity contribution in [3.8, 4) is 0 Å². The summed E-state index contributed by atoms with van der Waals surface area (Å²) in [6.07, 6.45) is 0.981. The molecule has 0 radical (unpaired) electrons. The van der Waals surface area contributed by atoms with Crippen molar-refractivity contribution in [1.29, 1.82) is 0 Å². The minimum Gasteiger partial charge on any atom is -0.342 e. The fourth-order valence-electron chi connectivity index (χ4n) is 1.77. The van der Waals surface area contributed by atoms with Gasteiger partial charge < -0.3 is 9.80 Å². The Morgan fingerprint density at radius 2 is 1.89 bits per heavy atom. The number of rotatable bonds is 5. The van der Waals surface area contributed by atoms with Crippen LogP contribution in [-0.2, 0) is 0 Å². The van der Waals surface area contributed by atoms with Gasteiger partial charge in [-0.05, 0) is 51.7 Å². The van der Waals surface area contributed by atoms with Crippen LogP contribution in [0.25, 0.3) is 0 Å². The summed E-state index contributed by atoms with van der Waals surface area (Å²) in [5.41, 5.74) is 1.74. The Bertz CT molecular complexity index is 418. The average Bonchev–Trinajstić information content (AvgIpc) is 2.30. The molecular weight excluding hydrogens is 244 g/mol. The standard InChI is InChI=1S/C14H22N2OS/c1-11-6-7-12(18)10-13(11)14(17)16(4)9-5-8-15(2)3/h6-7,10,18H,5,8-9H2,1-4H3. The van der Waals surface area contributed by atoms with Gasteiger partial charge in [0.2, 0.25) is 0 Å². The zero-order valence-electron chi connectivity index (χ0n) is 11.6. The number of thiol groups is 1. The van der Waals surface area contributed by atoms with Gasteiger partial charge in [-0.1, -0.05) is 6.07 Å². The van der Waals surface area contributed by atoms with Gasteiger partial charge in [-0.2, -0.15) is 0 Å². The van der Waals surface area contributed by atoms with Crippen LogP contribution in [0.4, 0.5) is 0 Å². The van der Waals surface area contributed by atoms with Crippen LogP contribution >= 0.6 is 12.6 Å². The smallest absolute Gasteiger partial charge is 0.253 e. The third kappa shape index (κ3) is 4.35. The van der Waals surface area contributed by atoms with E-state index in [4.69, 9.17) is 0 Å². The van der Waals surface area contributed by atoms with Crippen LogP contribution < -0.4 is 0 Å². The Kier molecular flexibility index (Phi) is 5.69. The molecule has 1 rings (SSSR count). The van der Waals surface area contributed by atoms with Crippen molar-refractivity contribution in [3.63, 3.8) is 0 Å². The van der Waals surface area contributed by atoms with Crippen molar-refractivity contribution in [3.05, 3.63) is 29.3 Å². The second-order valence-corrected chi connectivity index (χ2v) is 5.40. The molecule has 1 amide bonds.